The molecule has 0 rings (SSSR count). The monoisotopic (exact) mass is 232 g/mol. The Labute approximate surface area is 97.8 Å². The summed E-state index contributed by atoms with van der Waals surface area (Å²) in [6.07, 6.45) is 4.20. The van der Waals surface area contributed by atoms with Crippen molar-refractivity contribution in [3.63, 3.8) is 0 Å². The molecule has 1 amide bonds. The van der Waals surface area contributed by atoms with Crippen molar-refractivity contribution >= 4 is 17.7 Å². The number of hydrogen-bond donors (Lipinski definition) is 2. The quantitative estimate of drug-likeness (QED) is 0.668. The third kappa shape index (κ3) is 7.68. The first-order valence-corrected chi connectivity index (χ1v) is 6.94. The highest BCUT2D eigenvalue weighted by Gasteiger charge is 2.10. The summed E-state index contributed by atoms with van der Waals surface area (Å²) in [4.78, 5) is 11.5. The van der Waals surface area contributed by atoms with Gasteiger partial charge in [0.25, 0.3) is 0 Å². The zero-order chi connectivity index (χ0) is 11.7. The molecule has 0 saturated carbocycles. The highest BCUT2D eigenvalue weighted by molar-refractivity contribution is 7.99. The third-order valence-corrected chi connectivity index (χ3v) is 3.39. The summed E-state index contributed by atoms with van der Waals surface area (Å²) >= 11 is 1.86. The van der Waals surface area contributed by atoms with E-state index in [1.54, 1.807) is 0 Å². The Bertz CT molecular complexity index is 176. The lowest BCUT2D eigenvalue weighted by Crippen LogP contribution is -2.43. The molecule has 0 fully saturated rings. The minimum atomic E-state index is -0.0781. The molecule has 2 N–H and O–H groups in total. The Morgan fingerprint density at radius 2 is 2.00 bits per heavy atom. The van der Waals surface area contributed by atoms with Crippen molar-refractivity contribution in [2.45, 2.75) is 44.9 Å². The molecule has 0 aromatic carbocycles. The minimum Gasteiger partial charge on any atom is -0.355 e. The van der Waals surface area contributed by atoms with E-state index >= 15 is 0 Å². The Hall–Kier alpha value is -0.220. The van der Waals surface area contributed by atoms with Crippen molar-refractivity contribution in [3.05, 3.63) is 0 Å². The molecule has 2 atom stereocenters. The average Bonchev–Trinajstić information content (AvgIpc) is 2.25. The molecule has 0 aromatic rings. The van der Waals surface area contributed by atoms with Crippen LogP contribution >= 0.6 is 11.8 Å². The lowest BCUT2D eigenvalue weighted by atomic mass is 10.2. The number of nitrogens with one attached hydrogen (secondary N) is 2. The van der Waals surface area contributed by atoms with E-state index in [2.05, 4.69) is 30.7 Å². The molecule has 0 bridgehead atoms. The van der Waals surface area contributed by atoms with E-state index in [-0.39, 0.29) is 11.9 Å². The molecule has 0 aliphatic heterocycles. The first-order chi connectivity index (χ1) is 7.11. The summed E-state index contributed by atoms with van der Waals surface area (Å²) in [5.41, 5.74) is 0. The van der Waals surface area contributed by atoms with E-state index in [0.29, 0.717) is 5.25 Å². The fourth-order valence-electron chi connectivity index (χ4n) is 1.11. The van der Waals surface area contributed by atoms with Crippen molar-refractivity contribution in [2.75, 3.05) is 19.3 Å². The maximum atomic E-state index is 11.5. The first kappa shape index (κ1) is 14.8. The van der Waals surface area contributed by atoms with Gasteiger partial charge >= 0.3 is 0 Å². The normalized spacial score (nSPS) is 14.7. The maximum absolute atomic E-state index is 11.5. The fourth-order valence-corrected chi connectivity index (χ4v) is 1.47. The molecule has 0 spiro atoms. The molecule has 15 heavy (non-hydrogen) atoms. The van der Waals surface area contributed by atoms with Crippen LogP contribution in [0.5, 0.6) is 0 Å². The number of rotatable bonds is 8. The number of carbonyl (C=O) groups is 1. The lowest BCUT2D eigenvalue weighted by molar-refractivity contribution is -0.122. The maximum Gasteiger partial charge on any atom is 0.236 e. The molecular formula is C11H24N2OS. The van der Waals surface area contributed by atoms with Gasteiger partial charge in [-0.2, -0.15) is 11.8 Å². The van der Waals surface area contributed by atoms with E-state index in [0.717, 1.165) is 25.9 Å². The van der Waals surface area contributed by atoms with Crippen molar-refractivity contribution in [1.29, 1.82) is 0 Å². The van der Waals surface area contributed by atoms with Crippen LogP contribution in [0.15, 0.2) is 0 Å². The number of hydrogen-bond acceptors (Lipinski definition) is 3. The molecular weight excluding hydrogens is 208 g/mol. The zero-order valence-electron chi connectivity index (χ0n) is 10.3. The highest BCUT2D eigenvalue weighted by atomic mass is 32.2. The van der Waals surface area contributed by atoms with Crippen molar-refractivity contribution < 1.29 is 4.79 Å². The average molecular weight is 232 g/mol. The van der Waals surface area contributed by atoms with E-state index in [1.807, 2.05) is 18.7 Å². The fraction of sp³-hybridized carbons (Fsp3) is 0.909. The molecule has 0 heterocycles. The molecule has 0 aromatic heterocycles. The SMILES string of the molecule is CCCNC(=O)C(C)NCCC(C)SC. The second kappa shape index (κ2) is 9.04. The highest BCUT2D eigenvalue weighted by Crippen LogP contribution is 2.07. The Balaban J connectivity index is 3.55. The van der Waals surface area contributed by atoms with Gasteiger partial charge < -0.3 is 10.6 Å². The van der Waals surface area contributed by atoms with E-state index in [1.165, 1.54) is 0 Å². The number of carbonyl (C=O) groups excluding carboxylic acids is 1. The molecule has 0 saturated heterocycles. The van der Waals surface area contributed by atoms with Gasteiger partial charge in [-0.25, -0.2) is 0 Å². The van der Waals surface area contributed by atoms with Crippen LogP contribution < -0.4 is 10.6 Å². The standard InChI is InChI=1S/C11H24N2OS/c1-5-7-13-11(14)10(3)12-8-6-9(2)15-4/h9-10,12H,5-8H2,1-4H3,(H,13,14). The van der Waals surface area contributed by atoms with E-state index in [9.17, 15) is 4.79 Å². The van der Waals surface area contributed by atoms with Gasteiger partial charge in [0.05, 0.1) is 6.04 Å². The van der Waals surface area contributed by atoms with Gasteiger partial charge in [-0.05, 0) is 32.6 Å². The predicted molar refractivity (Wildman–Crippen MR) is 68.4 cm³/mol. The number of amides is 1. The molecule has 0 radical (unpaired) electrons. The van der Waals surface area contributed by atoms with Crippen LogP contribution in [0.4, 0.5) is 0 Å². The number of thioether (sulfide) groups is 1. The Kier molecular flexibility index (Phi) is 8.91. The van der Waals surface area contributed by atoms with Crippen LogP contribution in [0, 0.1) is 0 Å². The summed E-state index contributed by atoms with van der Waals surface area (Å²) in [6, 6.07) is -0.0781. The van der Waals surface area contributed by atoms with Crippen molar-refractivity contribution in [3.8, 4) is 0 Å². The summed E-state index contributed by atoms with van der Waals surface area (Å²) in [7, 11) is 0. The molecule has 2 unspecified atom stereocenters. The molecule has 0 aliphatic rings. The van der Waals surface area contributed by atoms with Crippen molar-refractivity contribution in [1.82, 2.24) is 10.6 Å². The summed E-state index contributed by atoms with van der Waals surface area (Å²) in [5.74, 6) is 0.105. The summed E-state index contributed by atoms with van der Waals surface area (Å²) in [5, 5.41) is 6.76. The van der Waals surface area contributed by atoms with Gasteiger partial charge in [0.15, 0.2) is 0 Å². The van der Waals surface area contributed by atoms with Gasteiger partial charge in [0.2, 0.25) is 5.91 Å². The molecule has 3 nitrogen and oxygen atoms in total. The van der Waals surface area contributed by atoms with Crippen LogP contribution in [-0.4, -0.2) is 36.5 Å². The van der Waals surface area contributed by atoms with Gasteiger partial charge in [-0.1, -0.05) is 13.8 Å². The van der Waals surface area contributed by atoms with E-state index < -0.39 is 0 Å². The lowest BCUT2D eigenvalue weighted by Gasteiger charge is -2.15. The topological polar surface area (TPSA) is 41.1 Å². The second-order valence-electron chi connectivity index (χ2n) is 3.80. The largest absolute Gasteiger partial charge is 0.355 e. The predicted octanol–water partition coefficient (Wildman–Crippen LogP) is 1.63. The van der Waals surface area contributed by atoms with Crippen LogP contribution in [0.3, 0.4) is 0 Å². The minimum absolute atomic E-state index is 0.0781. The van der Waals surface area contributed by atoms with Crippen molar-refractivity contribution in [2.24, 2.45) is 0 Å². The summed E-state index contributed by atoms with van der Waals surface area (Å²) in [6.45, 7) is 7.84. The molecule has 0 aliphatic carbocycles. The van der Waals surface area contributed by atoms with E-state index in [4.69, 9.17) is 0 Å². The van der Waals surface area contributed by atoms with Gasteiger partial charge in [-0.3, -0.25) is 4.79 Å². The zero-order valence-corrected chi connectivity index (χ0v) is 11.1. The van der Waals surface area contributed by atoms with Crippen LogP contribution in [0.2, 0.25) is 0 Å². The van der Waals surface area contributed by atoms with Gasteiger partial charge in [0.1, 0.15) is 0 Å². The Morgan fingerprint density at radius 3 is 2.53 bits per heavy atom. The van der Waals surface area contributed by atoms with Crippen LogP contribution in [-0.2, 0) is 4.79 Å². The summed E-state index contributed by atoms with van der Waals surface area (Å²) < 4.78 is 0. The smallest absolute Gasteiger partial charge is 0.236 e. The van der Waals surface area contributed by atoms with Gasteiger partial charge in [0, 0.05) is 11.8 Å². The molecule has 4 heteroatoms. The Morgan fingerprint density at radius 1 is 1.33 bits per heavy atom. The third-order valence-electron chi connectivity index (χ3n) is 2.35. The van der Waals surface area contributed by atoms with Gasteiger partial charge in [-0.15, -0.1) is 0 Å². The molecule has 90 valence electrons. The first-order valence-electron chi connectivity index (χ1n) is 5.65. The second-order valence-corrected chi connectivity index (χ2v) is 5.08. The van der Waals surface area contributed by atoms with Crippen LogP contribution in [0.1, 0.15) is 33.6 Å². The van der Waals surface area contributed by atoms with Crippen LogP contribution in [0.25, 0.3) is 0 Å².